The summed E-state index contributed by atoms with van der Waals surface area (Å²) in [7, 11) is 0. The fraction of sp³-hybridized carbons (Fsp3) is 0.700. The van der Waals surface area contributed by atoms with E-state index >= 15 is 0 Å². The number of aryl methyl sites for hydroxylation is 1. The lowest BCUT2D eigenvalue weighted by molar-refractivity contribution is 0.127. The zero-order valence-corrected chi connectivity index (χ0v) is 9.86. The molecule has 0 saturated carbocycles. The molecule has 80 valence electrons. The minimum absolute atomic E-state index is 0.399. The fourth-order valence-electron chi connectivity index (χ4n) is 1.12. The highest BCUT2D eigenvalue weighted by molar-refractivity contribution is 7.09. The van der Waals surface area contributed by atoms with Crippen molar-refractivity contribution in [1.29, 1.82) is 0 Å². The van der Waals surface area contributed by atoms with Crippen molar-refractivity contribution in [1.82, 2.24) is 10.3 Å². The Bertz CT molecular complexity index is 262. The fourth-order valence-corrected chi connectivity index (χ4v) is 1.84. The highest BCUT2D eigenvalue weighted by atomic mass is 32.1. The molecular formula is C10H18N2OS. The van der Waals surface area contributed by atoms with Gasteiger partial charge in [-0.1, -0.05) is 0 Å². The Balaban J connectivity index is 2.23. The molecule has 0 bridgehead atoms. The van der Waals surface area contributed by atoms with E-state index in [0.29, 0.717) is 6.04 Å². The second-order valence-corrected chi connectivity index (χ2v) is 4.24. The molecule has 0 amide bonds. The van der Waals surface area contributed by atoms with Crippen molar-refractivity contribution in [2.75, 3.05) is 13.2 Å². The number of ether oxygens (including phenoxy) is 1. The largest absolute Gasteiger partial charge is 0.380 e. The van der Waals surface area contributed by atoms with Crippen LogP contribution in [0.5, 0.6) is 0 Å². The molecule has 3 nitrogen and oxygen atoms in total. The van der Waals surface area contributed by atoms with E-state index < -0.39 is 0 Å². The highest BCUT2D eigenvalue weighted by Crippen LogP contribution is 2.11. The lowest BCUT2D eigenvalue weighted by Gasteiger charge is -2.12. The Morgan fingerprint density at radius 1 is 1.64 bits per heavy atom. The van der Waals surface area contributed by atoms with Gasteiger partial charge in [-0.05, 0) is 20.8 Å². The van der Waals surface area contributed by atoms with Crippen LogP contribution in [0.2, 0.25) is 0 Å². The van der Waals surface area contributed by atoms with Crippen molar-refractivity contribution in [3.05, 3.63) is 16.1 Å². The van der Waals surface area contributed by atoms with Crippen molar-refractivity contribution in [2.24, 2.45) is 0 Å². The van der Waals surface area contributed by atoms with Crippen LogP contribution in [0.25, 0.3) is 0 Å². The number of nitrogens with one attached hydrogen (secondary N) is 1. The molecule has 0 saturated heterocycles. The third-order valence-electron chi connectivity index (χ3n) is 2.03. The van der Waals surface area contributed by atoms with Gasteiger partial charge in [-0.3, -0.25) is 0 Å². The van der Waals surface area contributed by atoms with Crippen LogP contribution in [-0.2, 0) is 11.3 Å². The molecular weight excluding hydrogens is 196 g/mol. The molecule has 14 heavy (non-hydrogen) atoms. The van der Waals surface area contributed by atoms with Gasteiger partial charge < -0.3 is 10.1 Å². The molecule has 1 rings (SSSR count). The number of hydrogen-bond acceptors (Lipinski definition) is 4. The minimum atomic E-state index is 0.399. The van der Waals surface area contributed by atoms with Crippen molar-refractivity contribution >= 4 is 11.3 Å². The number of thiazole rings is 1. The van der Waals surface area contributed by atoms with Crippen LogP contribution in [0.3, 0.4) is 0 Å². The Labute approximate surface area is 89.5 Å². The van der Waals surface area contributed by atoms with Crippen molar-refractivity contribution < 1.29 is 4.74 Å². The maximum atomic E-state index is 5.32. The van der Waals surface area contributed by atoms with E-state index in [1.807, 2.05) is 19.4 Å². The van der Waals surface area contributed by atoms with Gasteiger partial charge in [-0.2, -0.15) is 0 Å². The quantitative estimate of drug-likeness (QED) is 0.786. The third kappa shape index (κ3) is 3.74. The van der Waals surface area contributed by atoms with Crippen LogP contribution < -0.4 is 5.32 Å². The Morgan fingerprint density at radius 2 is 2.43 bits per heavy atom. The van der Waals surface area contributed by atoms with Crippen LogP contribution >= 0.6 is 11.3 Å². The lowest BCUT2D eigenvalue weighted by atomic mass is 10.3. The summed E-state index contributed by atoms with van der Waals surface area (Å²) >= 11 is 1.70. The lowest BCUT2D eigenvalue weighted by Crippen LogP contribution is -2.29. The predicted octanol–water partition coefficient (Wildman–Crippen LogP) is 1.97. The summed E-state index contributed by atoms with van der Waals surface area (Å²) in [4.78, 5) is 5.52. The number of rotatable bonds is 6. The van der Waals surface area contributed by atoms with E-state index in [9.17, 15) is 0 Å². The average Bonchev–Trinajstić information content (AvgIpc) is 2.58. The molecule has 0 spiro atoms. The smallest absolute Gasteiger partial charge is 0.0798 e. The minimum Gasteiger partial charge on any atom is -0.380 e. The summed E-state index contributed by atoms with van der Waals surface area (Å²) in [6, 6.07) is 0.399. The third-order valence-corrected chi connectivity index (χ3v) is 2.96. The first-order chi connectivity index (χ1) is 6.74. The maximum absolute atomic E-state index is 5.32. The van der Waals surface area contributed by atoms with E-state index in [0.717, 1.165) is 25.5 Å². The van der Waals surface area contributed by atoms with Gasteiger partial charge in [0.2, 0.25) is 0 Å². The topological polar surface area (TPSA) is 34.1 Å². The van der Waals surface area contributed by atoms with Crippen molar-refractivity contribution in [2.45, 2.75) is 33.4 Å². The molecule has 1 unspecified atom stereocenters. The van der Waals surface area contributed by atoms with Crippen LogP contribution in [0.15, 0.2) is 5.51 Å². The average molecular weight is 214 g/mol. The normalized spacial score (nSPS) is 13.1. The summed E-state index contributed by atoms with van der Waals surface area (Å²) in [6.45, 7) is 8.64. The molecule has 0 aromatic carbocycles. The molecule has 0 radical (unpaired) electrons. The van der Waals surface area contributed by atoms with Crippen LogP contribution in [0.1, 0.15) is 24.4 Å². The van der Waals surface area contributed by atoms with Gasteiger partial charge in [0.1, 0.15) is 0 Å². The standard InChI is InChI=1S/C10H18N2OS/c1-4-13-6-8(2)11-5-10-9(3)12-7-14-10/h7-8,11H,4-6H2,1-3H3. The van der Waals surface area contributed by atoms with Crippen molar-refractivity contribution in [3.8, 4) is 0 Å². The molecule has 4 heteroatoms. The Morgan fingerprint density at radius 3 is 3.00 bits per heavy atom. The van der Waals surface area contributed by atoms with Crippen LogP contribution in [0, 0.1) is 6.92 Å². The first-order valence-electron chi connectivity index (χ1n) is 4.94. The molecule has 0 aliphatic heterocycles. The van der Waals surface area contributed by atoms with Crippen LogP contribution in [-0.4, -0.2) is 24.2 Å². The summed E-state index contributed by atoms with van der Waals surface area (Å²) in [5, 5.41) is 3.41. The van der Waals surface area contributed by atoms with E-state index in [4.69, 9.17) is 4.74 Å². The highest BCUT2D eigenvalue weighted by Gasteiger charge is 2.04. The van der Waals surface area contributed by atoms with E-state index in [2.05, 4.69) is 17.2 Å². The summed E-state index contributed by atoms with van der Waals surface area (Å²) in [6.07, 6.45) is 0. The molecule has 1 N–H and O–H groups in total. The number of nitrogens with zero attached hydrogens (tertiary/aromatic N) is 1. The molecule has 1 heterocycles. The van der Waals surface area contributed by atoms with Gasteiger partial charge >= 0.3 is 0 Å². The molecule has 1 aromatic rings. The molecule has 1 atom stereocenters. The Kier molecular flexibility index (Phi) is 5.07. The summed E-state index contributed by atoms with van der Waals surface area (Å²) in [5.74, 6) is 0. The van der Waals surface area contributed by atoms with Gasteiger partial charge in [0.15, 0.2) is 0 Å². The van der Waals surface area contributed by atoms with Gasteiger partial charge in [-0.15, -0.1) is 11.3 Å². The molecule has 0 aliphatic carbocycles. The van der Waals surface area contributed by atoms with Crippen molar-refractivity contribution in [3.63, 3.8) is 0 Å². The molecule has 1 aromatic heterocycles. The second kappa shape index (κ2) is 6.11. The van der Waals surface area contributed by atoms with E-state index in [1.54, 1.807) is 11.3 Å². The number of hydrogen-bond donors (Lipinski definition) is 1. The number of aromatic nitrogens is 1. The Hall–Kier alpha value is -0.450. The zero-order chi connectivity index (χ0) is 10.4. The first-order valence-corrected chi connectivity index (χ1v) is 5.82. The van der Waals surface area contributed by atoms with Crippen LogP contribution in [0.4, 0.5) is 0 Å². The molecule has 0 fully saturated rings. The SMILES string of the molecule is CCOCC(C)NCc1scnc1C. The summed E-state index contributed by atoms with van der Waals surface area (Å²) in [5.41, 5.74) is 3.02. The van der Waals surface area contributed by atoms with Gasteiger partial charge in [0, 0.05) is 24.1 Å². The zero-order valence-electron chi connectivity index (χ0n) is 9.04. The first kappa shape index (κ1) is 11.6. The van der Waals surface area contributed by atoms with Gasteiger partial charge in [0.25, 0.3) is 0 Å². The monoisotopic (exact) mass is 214 g/mol. The van der Waals surface area contributed by atoms with E-state index in [1.165, 1.54) is 4.88 Å². The maximum Gasteiger partial charge on any atom is 0.0798 e. The second-order valence-electron chi connectivity index (χ2n) is 3.30. The predicted molar refractivity (Wildman–Crippen MR) is 59.6 cm³/mol. The van der Waals surface area contributed by atoms with Gasteiger partial charge in [0.05, 0.1) is 17.8 Å². The van der Waals surface area contributed by atoms with E-state index in [-0.39, 0.29) is 0 Å². The molecule has 0 aliphatic rings. The van der Waals surface area contributed by atoms with Gasteiger partial charge in [-0.25, -0.2) is 4.98 Å². The summed E-state index contributed by atoms with van der Waals surface area (Å²) < 4.78 is 5.32.